The van der Waals surface area contributed by atoms with Gasteiger partial charge in [0.25, 0.3) is 0 Å². The Morgan fingerprint density at radius 1 is 1.21 bits per heavy atom. The summed E-state index contributed by atoms with van der Waals surface area (Å²) in [6.07, 6.45) is 0. The van der Waals surface area contributed by atoms with Crippen molar-refractivity contribution >= 4 is 33.8 Å². The molecule has 0 aromatic heterocycles. The van der Waals surface area contributed by atoms with Crippen molar-refractivity contribution in [1.29, 1.82) is 0 Å². The molecule has 0 atom stereocenters. The van der Waals surface area contributed by atoms with Gasteiger partial charge >= 0.3 is 17.8 Å². The Kier molecular flexibility index (Phi) is 5.61. The molecular weight excluding hydrogens is 378 g/mol. The fourth-order valence-corrected chi connectivity index (χ4v) is 2.96. The molecule has 130 valence electrons. The summed E-state index contributed by atoms with van der Waals surface area (Å²) >= 11 is 3.41. The number of methoxy groups -OCH3 is 1. The van der Waals surface area contributed by atoms with E-state index in [1.165, 1.54) is 0 Å². The fourth-order valence-electron chi connectivity index (χ4n) is 2.56. The highest BCUT2D eigenvalue weighted by atomic mass is 79.9. The van der Waals surface area contributed by atoms with E-state index in [2.05, 4.69) is 15.9 Å². The molecule has 0 unspecified atom stereocenters. The molecule has 0 bridgehead atoms. The van der Waals surface area contributed by atoms with Crippen molar-refractivity contribution in [3.63, 3.8) is 0 Å². The molecule has 1 aromatic carbocycles. The van der Waals surface area contributed by atoms with Crippen LogP contribution in [-0.4, -0.2) is 59.4 Å². The summed E-state index contributed by atoms with van der Waals surface area (Å²) in [5, 5.41) is 0. The van der Waals surface area contributed by atoms with Crippen LogP contribution in [0.1, 0.15) is 19.4 Å². The monoisotopic (exact) mass is 397 g/mol. The van der Waals surface area contributed by atoms with Gasteiger partial charge in [-0.3, -0.25) is 19.4 Å². The summed E-state index contributed by atoms with van der Waals surface area (Å²) in [6, 6.07) is 4.69. The minimum atomic E-state index is -0.790. The summed E-state index contributed by atoms with van der Waals surface area (Å²) in [5.41, 5.74) is 0.903. The molecule has 4 amide bonds. The second-order valence-corrected chi connectivity index (χ2v) is 6.81. The van der Waals surface area contributed by atoms with Gasteiger partial charge in [0.1, 0.15) is 5.75 Å². The minimum absolute atomic E-state index is 0.0301. The Morgan fingerprint density at radius 3 is 2.42 bits per heavy atom. The Labute approximate surface area is 149 Å². The molecule has 0 spiro atoms. The standard InChI is InChI=1S/C16H20BrN3O4/c1-10(2)20-15(22)14(21)19(16(20)23)9-18(3)8-11-7-12(17)5-6-13(11)24-4/h5-7,10H,8-9H2,1-4H3. The quantitative estimate of drug-likeness (QED) is 0.542. The second kappa shape index (κ2) is 7.31. The molecule has 1 aliphatic rings. The Balaban J connectivity index is 2.11. The third-order valence-corrected chi connectivity index (χ3v) is 4.16. The highest BCUT2D eigenvalue weighted by Crippen LogP contribution is 2.24. The molecule has 1 heterocycles. The first-order valence-electron chi connectivity index (χ1n) is 7.46. The highest BCUT2D eigenvalue weighted by Gasteiger charge is 2.45. The zero-order valence-corrected chi connectivity index (χ0v) is 15.7. The molecule has 0 radical (unpaired) electrons. The molecule has 1 fully saturated rings. The first-order chi connectivity index (χ1) is 11.3. The molecule has 1 aliphatic heterocycles. The van der Waals surface area contributed by atoms with Crippen LogP contribution in [0.2, 0.25) is 0 Å². The van der Waals surface area contributed by atoms with Crippen molar-refractivity contribution in [2.45, 2.75) is 26.4 Å². The van der Waals surface area contributed by atoms with Gasteiger partial charge in [-0.2, -0.15) is 0 Å². The van der Waals surface area contributed by atoms with Gasteiger partial charge in [-0.25, -0.2) is 9.69 Å². The SMILES string of the molecule is COc1ccc(Br)cc1CN(C)CN1C(=O)C(=O)N(C(C)C)C1=O. The lowest BCUT2D eigenvalue weighted by Crippen LogP contribution is -2.41. The molecule has 2 rings (SSSR count). The van der Waals surface area contributed by atoms with Crippen molar-refractivity contribution in [3.8, 4) is 5.75 Å². The third kappa shape index (κ3) is 3.59. The van der Waals surface area contributed by atoms with Gasteiger partial charge in [0.15, 0.2) is 0 Å². The Hall–Kier alpha value is -1.93. The first kappa shape index (κ1) is 18.4. The van der Waals surface area contributed by atoms with Gasteiger partial charge in [-0.1, -0.05) is 15.9 Å². The van der Waals surface area contributed by atoms with Crippen LogP contribution in [-0.2, 0) is 16.1 Å². The van der Waals surface area contributed by atoms with Crippen molar-refractivity contribution in [3.05, 3.63) is 28.2 Å². The summed E-state index contributed by atoms with van der Waals surface area (Å²) in [7, 11) is 3.35. The van der Waals surface area contributed by atoms with E-state index in [0.29, 0.717) is 12.3 Å². The number of benzene rings is 1. The average Bonchev–Trinajstić information content (AvgIpc) is 2.71. The lowest BCUT2D eigenvalue weighted by atomic mass is 10.2. The third-order valence-electron chi connectivity index (χ3n) is 3.67. The molecule has 0 saturated carbocycles. The van der Waals surface area contributed by atoms with Crippen molar-refractivity contribution in [2.75, 3.05) is 20.8 Å². The maximum absolute atomic E-state index is 12.3. The van der Waals surface area contributed by atoms with Crippen LogP contribution in [0.25, 0.3) is 0 Å². The molecule has 24 heavy (non-hydrogen) atoms. The Morgan fingerprint density at radius 2 is 1.88 bits per heavy atom. The number of hydrogen-bond donors (Lipinski definition) is 0. The number of ether oxygens (including phenoxy) is 1. The number of halogens is 1. The number of nitrogens with zero attached hydrogens (tertiary/aromatic N) is 3. The lowest BCUT2D eigenvalue weighted by molar-refractivity contribution is -0.144. The molecule has 0 N–H and O–H groups in total. The number of hydrogen-bond acceptors (Lipinski definition) is 5. The molecular formula is C16H20BrN3O4. The van der Waals surface area contributed by atoms with Crippen molar-refractivity contribution < 1.29 is 19.1 Å². The average molecular weight is 398 g/mol. The van der Waals surface area contributed by atoms with Crippen LogP contribution in [0, 0.1) is 0 Å². The summed E-state index contributed by atoms with van der Waals surface area (Å²) in [4.78, 5) is 40.0. The van der Waals surface area contributed by atoms with Gasteiger partial charge in [0.2, 0.25) is 0 Å². The number of amides is 4. The first-order valence-corrected chi connectivity index (χ1v) is 8.25. The van der Waals surface area contributed by atoms with Gasteiger partial charge in [-0.15, -0.1) is 0 Å². The molecule has 1 saturated heterocycles. The van der Waals surface area contributed by atoms with Crippen molar-refractivity contribution in [2.24, 2.45) is 0 Å². The van der Waals surface area contributed by atoms with E-state index in [1.807, 2.05) is 18.2 Å². The lowest BCUT2D eigenvalue weighted by Gasteiger charge is -2.24. The number of urea groups is 1. The zero-order chi connectivity index (χ0) is 18.0. The van der Waals surface area contributed by atoms with Crippen LogP contribution >= 0.6 is 15.9 Å². The minimum Gasteiger partial charge on any atom is -0.496 e. The molecule has 8 heteroatoms. The van der Waals surface area contributed by atoms with E-state index in [-0.39, 0.29) is 12.7 Å². The van der Waals surface area contributed by atoms with E-state index in [4.69, 9.17) is 4.74 Å². The van der Waals surface area contributed by atoms with Gasteiger partial charge in [-0.05, 0) is 39.1 Å². The van der Waals surface area contributed by atoms with Crippen LogP contribution < -0.4 is 4.74 Å². The second-order valence-electron chi connectivity index (χ2n) is 5.90. The van der Waals surface area contributed by atoms with Crippen LogP contribution in [0.15, 0.2) is 22.7 Å². The molecule has 0 aliphatic carbocycles. The number of imide groups is 2. The maximum Gasteiger partial charge on any atom is 0.335 e. The topological polar surface area (TPSA) is 70.2 Å². The summed E-state index contributed by atoms with van der Waals surface area (Å²) in [6.45, 7) is 3.88. The number of carbonyl (C=O) groups is 3. The van der Waals surface area contributed by atoms with E-state index < -0.39 is 17.8 Å². The molecule has 1 aromatic rings. The van der Waals surface area contributed by atoms with Gasteiger partial charge in [0.05, 0.1) is 13.8 Å². The highest BCUT2D eigenvalue weighted by molar-refractivity contribution is 9.10. The van der Waals surface area contributed by atoms with Crippen molar-refractivity contribution in [1.82, 2.24) is 14.7 Å². The van der Waals surface area contributed by atoms with Crippen LogP contribution in [0.5, 0.6) is 5.75 Å². The Bertz CT molecular complexity index is 677. The van der Waals surface area contributed by atoms with E-state index in [1.54, 1.807) is 32.9 Å². The normalized spacial score (nSPS) is 15.2. The predicted octanol–water partition coefficient (Wildman–Crippen LogP) is 2.05. The van der Waals surface area contributed by atoms with E-state index >= 15 is 0 Å². The summed E-state index contributed by atoms with van der Waals surface area (Å²) < 4.78 is 6.23. The summed E-state index contributed by atoms with van der Waals surface area (Å²) in [5.74, 6) is -0.853. The fraction of sp³-hybridized carbons (Fsp3) is 0.438. The largest absolute Gasteiger partial charge is 0.496 e. The van der Waals surface area contributed by atoms with Gasteiger partial charge in [0, 0.05) is 22.6 Å². The van der Waals surface area contributed by atoms with E-state index in [9.17, 15) is 14.4 Å². The van der Waals surface area contributed by atoms with Crippen LogP contribution in [0.4, 0.5) is 4.79 Å². The number of rotatable bonds is 6. The smallest absolute Gasteiger partial charge is 0.335 e. The zero-order valence-electron chi connectivity index (χ0n) is 14.1. The van der Waals surface area contributed by atoms with Gasteiger partial charge < -0.3 is 4.74 Å². The van der Waals surface area contributed by atoms with Crippen LogP contribution in [0.3, 0.4) is 0 Å². The molecule has 7 nitrogen and oxygen atoms in total. The predicted molar refractivity (Wildman–Crippen MR) is 91.3 cm³/mol. The van der Waals surface area contributed by atoms with E-state index in [0.717, 1.165) is 19.8 Å². The number of carbonyl (C=O) groups excluding carboxylic acids is 3. The maximum atomic E-state index is 12.3.